The van der Waals surface area contributed by atoms with Gasteiger partial charge >= 0.3 is 0 Å². The number of ether oxygens (including phenoxy) is 1. The van der Waals surface area contributed by atoms with E-state index in [9.17, 15) is 0 Å². The van der Waals surface area contributed by atoms with Crippen LogP contribution in [0.15, 0.2) is 0 Å². The van der Waals surface area contributed by atoms with Gasteiger partial charge in [0.05, 0.1) is 6.61 Å². The van der Waals surface area contributed by atoms with E-state index >= 15 is 0 Å². The van der Waals surface area contributed by atoms with E-state index in [2.05, 4.69) is 11.9 Å². The second-order valence-electron chi connectivity index (χ2n) is 4.06. The summed E-state index contributed by atoms with van der Waals surface area (Å²) in [6.07, 6.45) is 4.27. The van der Waals surface area contributed by atoms with Gasteiger partial charge in [-0.25, -0.2) is 0 Å². The van der Waals surface area contributed by atoms with Gasteiger partial charge in [0.2, 0.25) is 0 Å². The highest BCUT2D eigenvalue weighted by molar-refractivity contribution is 5.06. The molecule has 2 rings (SSSR count). The molecular formula is C9H17NO. The SMILES string of the molecule is COC[C@H]1N(C)CCC12CC2. The second kappa shape index (κ2) is 2.46. The maximum Gasteiger partial charge on any atom is 0.0623 e. The van der Waals surface area contributed by atoms with Crippen molar-refractivity contribution in [3.05, 3.63) is 0 Å². The molecule has 0 radical (unpaired) electrons. The number of rotatable bonds is 2. The first kappa shape index (κ1) is 7.56. The number of hydrogen-bond acceptors (Lipinski definition) is 2. The lowest BCUT2D eigenvalue weighted by Gasteiger charge is -2.23. The molecule has 64 valence electrons. The molecule has 1 spiro atoms. The number of nitrogens with zero attached hydrogens (tertiary/aromatic N) is 1. The molecule has 1 atom stereocenters. The molecule has 0 N–H and O–H groups in total. The maximum absolute atomic E-state index is 5.23. The Balaban J connectivity index is 2.01. The number of likely N-dealkylation sites (tertiary alicyclic amines) is 1. The lowest BCUT2D eigenvalue weighted by molar-refractivity contribution is 0.104. The third-order valence-corrected chi connectivity index (χ3v) is 3.42. The van der Waals surface area contributed by atoms with Crippen molar-refractivity contribution >= 4 is 0 Å². The van der Waals surface area contributed by atoms with Gasteiger partial charge in [-0.2, -0.15) is 0 Å². The maximum atomic E-state index is 5.23. The zero-order valence-corrected chi connectivity index (χ0v) is 7.47. The average molecular weight is 155 g/mol. The molecule has 0 bridgehead atoms. The molecule has 0 unspecified atom stereocenters. The highest BCUT2D eigenvalue weighted by Crippen LogP contribution is 2.56. The van der Waals surface area contributed by atoms with Crippen LogP contribution >= 0.6 is 0 Å². The summed E-state index contributed by atoms with van der Waals surface area (Å²) < 4.78 is 5.23. The van der Waals surface area contributed by atoms with Crippen LogP contribution in [-0.4, -0.2) is 38.3 Å². The molecule has 1 aliphatic heterocycles. The molecule has 1 saturated carbocycles. The van der Waals surface area contributed by atoms with Crippen molar-refractivity contribution in [2.45, 2.75) is 25.3 Å². The Kier molecular flexibility index (Phi) is 1.69. The van der Waals surface area contributed by atoms with Crippen LogP contribution in [0, 0.1) is 5.41 Å². The quantitative estimate of drug-likeness (QED) is 0.592. The van der Waals surface area contributed by atoms with Gasteiger partial charge < -0.3 is 9.64 Å². The molecular weight excluding hydrogens is 138 g/mol. The molecule has 2 aliphatic rings. The van der Waals surface area contributed by atoms with E-state index < -0.39 is 0 Å². The van der Waals surface area contributed by atoms with Crippen LogP contribution in [0.5, 0.6) is 0 Å². The molecule has 11 heavy (non-hydrogen) atoms. The first-order valence-corrected chi connectivity index (χ1v) is 4.48. The molecule has 0 aromatic rings. The van der Waals surface area contributed by atoms with Crippen molar-refractivity contribution in [3.63, 3.8) is 0 Å². The fraction of sp³-hybridized carbons (Fsp3) is 1.00. The molecule has 1 aliphatic carbocycles. The van der Waals surface area contributed by atoms with Crippen molar-refractivity contribution in [2.24, 2.45) is 5.41 Å². The Morgan fingerprint density at radius 2 is 2.18 bits per heavy atom. The van der Waals surface area contributed by atoms with Crippen molar-refractivity contribution in [2.75, 3.05) is 27.3 Å². The Labute approximate surface area is 68.5 Å². The summed E-state index contributed by atoms with van der Waals surface area (Å²) in [7, 11) is 4.03. The average Bonchev–Trinajstić information content (AvgIpc) is 2.70. The first-order chi connectivity index (χ1) is 5.28. The molecule has 0 aromatic carbocycles. The minimum Gasteiger partial charge on any atom is -0.383 e. The summed E-state index contributed by atoms with van der Waals surface area (Å²) in [6, 6.07) is 0.715. The highest BCUT2D eigenvalue weighted by Gasteiger charge is 2.54. The van der Waals surface area contributed by atoms with Crippen molar-refractivity contribution in [1.29, 1.82) is 0 Å². The van der Waals surface area contributed by atoms with Crippen LogP contribution < -0.4 is 0 Å². The standard InChI is InChI=1S/C9H17NO/c1-10-6-5-9(3-4-9)8(10)7-11-2/h8H,3-7H2,1-2H3/t8-/m1/s1. The van der Waals surface area contributed by atoms with Gasteiger partial charge in [-0.05, 0) is 38.3 Å². The Morgan fingerprint density at radius 3 is 2.73 bits per heavy atom. The lowest BCUT2D eigenvalue weighted by Crippen LogP contribution is -2.34. The van der Waals surface area contributed by atoms with Crippen molar-refractivity contribution in [3.8, 4) is 0 Å². The van der Waals surface area contributed by atoms with Gasteiger partial charge in [0.25, 0.3) is 0 Å². The molecule has 1 saturated heterocycles. The number of methoxy groups -OCH3 is 1. The first-order valence-electron chi connectivity index (χ1n) is 4.48. The van der Waals surface area contributed by atoms with E-state index in [0.717, 1.165) is 6.61 Å². The van der Waals surface area contributed by atoms with E-state index in [1.807, 2.05) is 7.11 Å². The number of likely N-dealkylation sites (N-methyl/N-ethyl adjacent to an activating group) is 1. The van der Waals surface area contributed by atoms with Gasteiger partial charge in [0.1, 0.15) is 0 Å². The second-order valence-corrected chi connectivity index (χ2v) is 4.06. The predicted octanol–water partition coefficient (Wildman–Crippen LogP) is 1.12. The van der Waals surface area contributed by atoms with Crippen LogP contribution in [0.2, 0.25) is 0 Å². The zero-order chi connectivity index (χ0) is 7.90. The van der Waals surface area contributed by atoms with Crippen LogP contribution in [0.25, 0.3) is 0 Å². The van der Waals surface area contributed by atoms with E-state index in [1.54, 1.807) is 0 Å². The fourth-order valence-corrected chi connectivity index (χ4v) is 2.39. The molecule has 2 heteroatoms. The highest BCUT2D eigenvalue weighted by atomic mass is 16.5. The third-order valence-electron chi connectivity index (χ3n) is 3.42. The molecule has 1 heterocycles. The van der Waals surface area contributed by atoms with Gasteiger partial charge in [-0.1, -0.05) is 0 Å². The van der Waals surface area contributed by atoms with Gasteiger partial charge in [-0.3, -0.25) is 0 Å². The van der Waals surface area contributed by atoms with Crippen LogP contribution in [-0.2, 0) is 4.74 Å². The van der Waals surface area contributed by atoms with Crippen LogP contribution in [0.1, 0.15) is 19.3 Å². The van der Waals surface area contributed by atoms with E-state index in [4.69, 9.17) is 4.74 Å². The molecule has 0 aromatic heterocycles. The van der Waals surface area contributed by atoms with Crippen LogP contribution in [0.4, 0.5) is 0 Å². The molecule has 0 amide bonds. The lowest BCUT2D eigenvalue weighted by atomic mass is 9.98. The topological polar surface area (TPSA) is 12.5 Å². The molecule has 2 fully saturated rings. The summed E-state index contributed by atoms with van der Waals surface area (Å²) in [5, 5.41) is 0. The van der Waals surface area contributed by atoms with E-state index in [0.29, 0.717) is 11.5 Å². The zero-order valence-electron chi connectivity index (χ0n) is 7.47. The summed E-state index contributed by atoms with van der Waals surface area (Å²) >= 11 is 0. The van der Waals surface area contributed by atoms with Crippen LogP contribution in [0.3, 0.4) is 0 Å². The predicted molar refractivity (Wildman–Crippen MR) is 44.6 cm³/mol. The Morgan fingerprint density at radius 1 is 1.45 bits per heavy atom. The smallest absolute Gasteiger partial charge is 0.0623 e. The molecule has 2 nitrogen and oxygen atoms in total. The van der Waals surface area contributed by atoms with Gasteiger partial charge in [-0.15, -0.1) is 0 Å². The number of hydrogen-bond donors (Lipinski definition) is 0. The Hall–Kier alpha value is -0.0800. The largest absolute Gasteiger partial charge is 0.383 e. The van der Waals surface area contributed by atoms with Crippen molar-refractivity contribution < 1.29 is 4.74 Å². The summed E-state index contributed by atoms with van der Waals surface area (Å²) in [5.41, 5.74) is 0.685. The minimum atomic E-state index is 0.685. The minimum absolute atomic E-state index is 0.685. The normalized spacial score (nSPS) is 34.9. The Bertz CT molecular complexity index is 154. The fourth-order valence-electron chi connectivity index (χ4n) is 2.39. The van der Waals surface area contributed by atoms with E-state index in [1.165, 1.54) is 25.8 Å². The monoisotopic (exact) mass is 155 g/mol. The van der Waals surface area contributed by atoms with Gasteiger partial charge in [0.15, 0.2) is 0 Å². The van der Waals surface area contributed by atoms with Gasteiger partial charge in [0, 0.05) is 13.2 Å². The van der Waals surface area contributed by atoms with E-state index in [-0.39, 0.29) is 0 Å². The third kappa shape index (κ3) is 1.09. The summed E-state index contributed by atoms with van der Waals surface area (Å²) in [5.74, 6) is 0. The summed E-state index contributed by atoms with van der Waals surface area (Å²) in [6.45, 7) is 2.20. The summed E-state index contributed by atoms with van der Waals surface area (Å²) in [4.78, 5) is 2.45. The van der Waals surface area contributed by atoms with Crippen molar-refractivity contribution in [1.82, 2.24) is 4.90 Å².